The fourth-order valence-corrected chi connectivity index (χ4v) is 2.11. The van der Waals surface area contributed by atoms with Crippen LogP contribution in [0.5, 0.6) is 0 Å². The Balaban J connectivity index is 1.95. The van der Waals surface area contributed by atoms with Gasteiger partial charge in [-0.1, -0.05) is 0 Å². The van der Waals surface area contributed by atoms with Gasteiger partial charge in [-0.3, -0.25) is 14.9 Å². The van der Waals surface area contributed by atoms with Gasteiger partial charge in [0.25, 0.3) is 0 Å². The van der Waals surface area contributed by atoms with Gasteiger partial charge in [-0.15, -0.1) is 0 Å². The molecule has 2 aliphatic heterocycles. The van der Waals surface area contributed by atoms with Gasteiger partial charge in [-0.25, -0.2) is 0 Å². The maximum Gasteiger partial charge on any atom is 0.235 e. The third-order valence-corrected chi connectivity index (χ3v) is 3.03. The highest BCUT2D eigenvalue weighted by molar-refractivity contribution is 5.81. The van der Waals surface area contributed by atoms with Crippen molar-refractivity contribution in [2.24, 2.45) is 0 Å². The molecule has 2 heterocycles. The standard InChI is InChI=1S/C9H15N3O2/c1-7(13)12-4-2-9(3-5-12)10-6-8(14)11-9/h10H,2-6H2,1H3,(H,11,14). The minimum absolute atomic E-state index is 0.0567. The molecule has 0 saturated carbocycles. The minimum Gasteiger partial charge on any atom is -0.343 e. The number of hydrogen-bond donors (Lipinski definition) is 2. The molecule has 2 saturated heterocycles. The number of rotatable bonds is 0. The van der Waals surface area contributed by atoms with Crippen molar-refractivity contribution in [2.75, 3.05) is 19.6 Å². The van der Waals surface area contributed by atoms with Gasteiger partial charge in [0.2, 0.25) is 11.8 Å². The van der Waals surface area contributed by atoms with E-state index < -0.39 is 0 Å². The summed E-state index contributed by atoms with van der Waals surface area (Å²) in [6.07, 6.45) is 1.61. The molecule has 78 valence electrons. The first kappa shape index (κ1) is 9.45. The fourth-order valence-electron chi connectivity index (χ4n) is 2.11. The van der Waals surface area contributed by atoms with Crippen LogP contribution >= 0.6 is 0 Å². The van der Waals surface area contributed by atoms with E-state index in [1.54, 1.807) is 6.92 Å². The van der Waals surface area contributed by atoms with Crippen LogP contribution in [-0.2, 0) is 9.59 Å². The van der Waals surface area contributed by atoms with Gasteiger partial charge >= 0.3 is 0 Å². The highest BCUT2D eigenvalue weighted by Gasteiger charge is 2.40. The molecular weight excluding hydrogens is 182 g/mol. The van der Waals surface area contributed by atoms with Gasteiger partial charge in [0.15, 0.2) is 0 Å². The summed E-state index contributed by atoms with van der Waals surface area (Å²) in [5.74, 6) is 0.172. The van der Waals surface area contributed by atoms with Crippen LogP contribution in [0.3, 0.4) is 0 Å². The van der Waals surface area contributed by atoms with E-state index in [1.165, 1.54) is 0 Å². The third kappa shape index (κ3) is 1.59. The summed E-state index contributed by atoms with van der Waals surface area (Å²) in [7, 11) is 0. The largest absolute Gasteiger partial charge is 0.343 e. The Kier molecular flexibility index (Phi) is 2.19. The van der Waals surface area contributed by atoms with Crippen molar-refractivity contribution in [3.63, 3.8) is 0 Å². The fraction of sp³-hybridized carbons (Fsp3) is 0.778. The number of carbonyl (C=O) groups is 2. The molecule has 0 unspecified atom stereocenters. The maximum absolute atomic E-state index is 11.1. The van der Waals surface area contributed by atoms with E-state index >= 15 is 0 Å². The van der Waals surface area contributed by atoms with Gasteiger partial charge in [-0.05, 0) is 0 Å². The lowest BCUT2D eigenvalue weighted by molar-refractivity contribution is -0.130. The van der Waals surface area contributed by atoms with Gasteiger partial charge in [0.1, 0.15) is 0 Å². The average Bonchev–Trinajstić information content (AvgIpc) is 2.48. The second kappa shape index (κ2) is 3.24. The number of carbonyl (C=O) groups excluding carboxylic acids is 2. The molecule has 0 aromatic carbocycles. The molecule has 1 spiro atoms. The first-order valence-corrected chi connectivity index (χ1v) is 4.93. The molecule has 2 N–H and O–H groups in total. The van der Waals surface area contributed by atoms with Crippen LogP contribution in [0.4, 0.5) is 0 Å². The average molecular weight is 197 g/mol. The van der Waals surface area contributed by atoms with Crippen LogP contribution in [0.1, 0.15) is 19.8 Å². The zero-order chi connectivity index (χ0) is 10.2. The number of amides is 2. The molecule has 2 fully saturated rings. The molecular formula is C9H15N3O2. The Morgan fingerprint density at radius 2 is 2.07 bits per heavy atom. The monoisotopic (exact) mass is 197 g/mol. The van der Waals surface area contributed by atoms with Crippen LogP contribution < -0.4 is 10.6 Å². The smallest absolute Gasteiger partial charge is 0.235 e. The minimum atomic E-state index is -0.233. The van der Waals surface area contributed by atoms with E-state index in [4.69, 9.17) is 0 Å². The van der Waals surface area contributed by atoms with Gasteiger partial charge in [0, 0.05) is 32.9 Å². The molecule has 0 aromatic rings. The van der Waals surface area contributed by atoms with E-state index in [-0.39, 0.29) is 17.5 Å². The van der Waals surface area contributed by atoms with Crippen molar-refractivity contribution in [3.05, 3.63) is 0 Å². The van der Waals surface area contributed by atoms with Crippen molar-refractivity contribution in [2.45, 2.75) is 25.4 Å². The summed E-state index contributed by atoms with van der Waals surface area (Å²) in [4.78, 5) is 24.0. The SMILES string of the molecule is CC(=O)N1CCC2(CC1)NCC(=O)N2. The zero-order valence-corrected chi connectivity index (χ0v) is 8.30. The summed E-state index contributed by atoms with van der Waals surface area (Å²) in [5.41, 5.74) is -0.233. The third-order valence-electron chi connectivity index (χ3n) is 3.03. The van der Waals surface area contributed by atoms with E-state index in [0.29, 0.717) is 6.54 Å². The Morgan fingerprint density at radius 1 is 1.43 bits per heavy atom. The van der Waals surface area contributed by atoms with Crippen LogP contribution in [0.25, 0.3) is 0 Å². The number of nitrogens with zero attached hydrogens (tertiary/aromatic N) is 1. The molecule has 0 aromatic heterocycles. The molecule has 0 atom stereocenters. The Bertz CT molecular complexity index is 269. The highest BCUT2D eigenvalue weighted by atomic mass is 16.2. The van der Waals surface area contributed by atoms with Crippen molar-refractivity contribution in [1.29, 1.82) is 0 Å². The Labute approximate surface area is 82.8 Å². The first-order chi connectivity index (χ1) is 6.61. The van der Waals surface area contributed by atoms with E-state index in [9.17, 15) is 9.59 Å². The van der Waals surface area contributed by atoms with Crippen molar-refractivity contribution >= 4 is 11.8 Å². The van der Waals surface area contributed by atoms with Crippen LogP contribution in [-0.4, -0.2) is 42.0 Å². The number of nitrogens with one attached hydrogen (secondary N) is 2. The number of likely N-dealkylation sites (tertiary alicyclic amines) is 1. The summed E-state index contributed by atoms with van der Waals surface area (Å²) in [6.45, 7) is 3.43. The second-order valence-corrected chi connectivity index (χ2v) is 3.99. The molecule has 14 heavy (non-hydrogen) atoms. The number of piperidine rings is 1. The number of hydrogen-bond acceptors (Lipinski definition) is 3. The molecule has 2 amide bonds. The molecule has 2 rings (SSSR count). The van der Waals surface area contributed by atoms with Crippen molar-refractivity contribution < 1.29 is 9.59 Å². The summed E-state index contributed by atoms with van der Waals surface area (Å²) >= 11 is 0. The lowest BCUT2D eigenvalue weighted by Gasteiger charge is -2.38. The predicted octanol–water partition coefficient (Wildman–Crippen LogP) is -0.956. The molecule has 2 aliphatic rings. The molecule has 0 radical (unpaired) electrons. The van der Waals surface area contributed by atoms with Crippen LogP contribution in [0, 0.1) is 0 Å². The Morgan fingerprint density at radius 3 is 2.50 bits per heavy atom. The lowest BCUT2D eigenvalue weighted by Crippen LogP contribution is -2.57. The summed E-state index contributed by atoms with van der Waals surface area (Å²) in [6, 6.07) is 0. The normalized spacial score (nSPS) is 25.2. The van der Waals surface area contributed by atoms with Crippen LogP contribution in [0.2, 0.25) is 0 Å². The summed E-state index contributed by atoms with van der Waals surface area (Å²) < 4.78 is 0. The van der Waals surface area contributed by atoms with Gasteiger partial charge < -0.3 is 10.2 Å². The highest BCUT2D eigenvalue weighted by Crippen LogP contribution is 2.21. The van der Waals surface area contributed by atoms with Crippen molar-refractivity contribution in [1.82, 2.24) is 15.5 Å². The van der Waals surface area contributed by atoms with E-state index in [1.807, 2.05) is 4.90 Å². The van der Waals surface area contributed by atoms with E-state index in [2.05, 4.69) is 10.6 Å². The molecule has 5 nitrogen and oxygen atoms in total. The Hall–Kier alpha value is -1.10. The molecule has 0 bridgehead atoms. The predicted molar refractivity (Wildman–Crippen MR) is 50.4 cm³/mol. The second-order valence-electron chi connectivity index (χ2n) is 3.99. The molecule has 5 heteroatoms. The zero-order valence-electron chi connectivity index (χ0n) is 8.30. The first-order valence-electron chi connectivity index (χ1n) is 4.93. The van der Waals surface area contributed by atoms with Gasteiger partial charge in [0.05, 0.1) is 12.2 Å². The van der Waals surface area contributed by atoms with Gasteiger partial charge in [-0.2, -0.15) is 0 Å². The molecule has 0 aliphatic carbocycles. The quantitative estimate of drug-likeness (QED) is 0.526. The van der Waals surface area contributed by atoms with E-state index in [0.717, 1.165) is 25.9 Å². The lowest BCUT2D eigenvalue weighted by atomic mass is 9.98. The summed E-state index contributed by atoms with van der Waals surface area (Å²) in [5, 5.41) is 6.12. The topological polar surface area (TPSA) is 61.4 Å². The van der Waals surface area contributed by atoms with Crippen LogP contribution in [0.15, 0.2) is 0 Å². The maximum atomic E-state index is 11.1. The van der Waals surface area contributed by atoms with Crippen molar-refractivity contribution in [3.8, 4) is 0 Å².